The fourth-order valence-electron chi connectivity index (χ4n) is 4.26. The molecule has 0 bridgehead atoms. The van der Waals surface area contributed by atoms with E-state index >= 15 is 0 Å². The first-order valence-electron chi connectivity index (χ1n) is 11.0. The lowest BCUT2D eigenvalue weighted by molar-refractivity contribution is 0.184. The van der Waals surface area contributed by atoms with Gasteiger partial charge in [-0.2, -0.15) is 0 Å². The first-order valence-corrected chi connectivity index (χ1v) is 13.8. The molecule has 2 aromatic carbocycles. The highest BCUT2D eigenvalue weighted by Crippen LogP contribution is 2.41. The summed E-state index contributed by atoms with van der Waals surface area (Å²) in [5, 5.41) is 14.0. The van der Waals surface area contributed by atoms with Crippen molar-refractivity contribution in [3.63, 3.8) is 0 Å². The lowest BCUT2D eigenvalue weighted by Gasteiger charge is -2.45. The predicted octanol–water partition coefficient (Wildman–Crippen LogP) is 6.08. The lowest BCUT2D eigenvalue weighted by Crippen LogP contribution is -2.66. The molecule has 1 unspecified atom stereocenters. The number of aliphatic hydroxyl groups is 1. The van der Waals surface area contributed by atoms with Crippen molar-refractivity contribution in [3.05, 3.63) is 94.7 Å². The third kappa shape index (κ3) is 5.44. The molecular weight excluding hydrogens is 416 g/mol. The summed E-state index contributed by atoms with van der Waals surface area (Å²) < 4.78 is 7.41. The zero-order chi connectivity index (χ0) is 22.3. The van der Waals surface area contributed by atoms with E-state index in [1.165, 1.54) is 20.8 Å². The van der Waals surface area contributed by atoms with E-state index in [0.717, 1.165) is 12.8 Å². The smallest absolute Gasteiger partial charge is 0.261 e. The van der Waals surface area contributed by atoms with Crippen molar-refractivity contribution in [2.75, 3.05) is 6.61 Å². The molecule has 2 nitrogen and oxygen atoms in total. The van der Waals surface area contributed by atoms with Gasteiger partial charge in [0.15, 0.2) is 0 Å². The average molecular weight is 451 g/mol. The summed E-state index contributed by atoms with van der Waals surface area (Å²) in [6.45, 7) is 9.14. The van der Waals surface area contributed by atoms with Crippen LogP contribution in [0.25, 0.3) is 0 Å². The summed E-state index contributed by atoms with van der Waals surface area (Å²) in [5.41, 5.74) is 1.20. The first kappa shape index (κ1) is 23.7. The second-order valence-electron chi connectivity index (χ2n) is 9.06. The molecule has 3 rings (SSSR count). The van der Waals surface area contributed by atoms with E-state index in [9.17, 15) is 5.11 Å². The highest BCUT2D eigenvalue weighted by Gasteiger charge is 2.51. The SMILES string of the molecule is C/C(=C\CO)CCC(O[Si](c1ccccc1)(c1ccccc1)C(C)(C)C)c1cccs1. The van der Waals surface area contributed by atoms with Crippen LogP contribution in [0.3, 0.4) is 0 Å². The number of benzene rings is 2. The van der Waals surface area contributed by atoms with E-state index < -0.39 is 8.32 Å². The molecule has 0 radical (unpaired) electrons. The van der Waals surface area contributed by atoms with Gasteiger partial charge in [0.05, 0.1) is 12.7 Å². The summed E-state index contributed by atoms with van der Waals surface area (Å²) >= 11 is 1.77. The minimum atomic E-state index is -2.62. The third-order valence-corrected chi connectivity index (χ3v) is 11.8. The van der Waals surface area contributed by atoms with Crippen molar-refractivity contribution >= 4 is 30.0 Å². The monoisotopic (exact) mass is 450 g/mol. The summed E-state index contributed by atoms with van der Waals surface area (Å²) in [4.78, 5) is 1.27. The Morgan fingerprint density at radius 2 is 1.55 bits per heavy atom. The van der Waals surface area contributed by atoms with Crippen LogP contribution in [0, 0.1) is 0 Å². The molecule has 0 aliphatic carbocycles. The molecule has 0 spiro atoms. The summed E-state index contributed by atoms with van der Waals surface area (Å²) in [6, 6.07) is 25.9. The second kappa shape index (κ2) is 10.6. The Balaban J connectivity index is 2.12. The van der Waals surface area contributed by atoms with Crippen LogP contribution in [0.4, 0.5) is 0 Å². The molecular formula is C27H34O2SSi. The van der Waals surface area contributed by atoms with Gasteiger partial charge in [-0.3, -0.25) is 0 Å². The van der Waals surface area contributed by atoms with Crippen LogP contribution in [0.15, 0.2) is 89.8 Å². The van der Waals surface area contributed by atoms with Crippen LogP contribution in [0.5, 0.6) is 0 Å². The number of aliphatic hydroxyl groups excluding tert-OH is 1. The first-order chi connectivity index (χ1) is 14.9. The van der Waals surface area contributed by atoms with Gasteiger partial charge < -0.3 is 9.53 Å². The molecule has 1 atom stereocenters. The number of rotatable bonds is 9. The zero-order valence-corrected chi connectivity index (χ0v) is 20.9. The molecule has 0 fully saturated rings. The van der Waals surface area contributed by atoms with Gasteiger partial charge in [-0.05, 0) is 46.6 Å². The van der Waals surface area contributed by atoms with E-state index in [1.807, 2.05) is 6.08 Å². The summed E-state index contributed by atoms with van der Waals surface area (Å²) in [7, 11) is -2.62. The van der Waals surface area contributed by atoms with Crippen LogP contribution < -0.4 is 10.4 Å². The van der Waals surface area contributed by atoms with Gasteiger partial charge in [0, 0.05) is 4.88 Å². The summed E-state index contributed by atoms with van der Waals surface area (Å²) in [6.07, 6.45) is 3.71. The fraction of sp³-hybridized carbons (Fsp3) is 0.333. The van der Waals surface area contributed by atoms with E-state index in [0.29, 0.717) is 0 Å². The van der Waals surface area contributed by atoms with Crippen LogP contribution >= 0.6 is 11.3 Å². The molecule has 0 amide bonds. The van der Waals surface area contributed by atoms with Gasteiger partial charge in [0.2, 0.25) is 0 Å². The van der Waals surface area contributed by atoms with Crippen molar-refractivity contribution in [1.82, 2.24) is 0 Å². The minimum absolute atomic E-state index is 0.00773. The third-order valence-electron chi connectivity index (χ3n) is 5.84. The van der Waals surface area contributed by atoms with Crippen molar-refractivity contribution in [2.45, 2.75) is 51.7 Å². The lowest BCUT2D eigenvalue weighted by atomic mass is 10.1. The van der Waals surface area contributed by atoms with Crippen molar-refractivity contribution in [2.24, 2.45) is 0 Å². The van der Waals surface area contributed by atoms with E-state index in [2.05, 4.69) is 106 Å². The van der Waals surface area contributed by atoms with Crippen LogP contribution in [0.2, 0.25) is 5.04 Å². The fourth-order valence-corrected chi connectivity index (χ4v) is 9.82. The molecule has 0 saturated heterocycles. The molecule has 0 saturated carbocycles. The minimum Gasteiger partial charge on any atom is -0.400 e. The van der Waals surface area contributed by atoms with Gasteiger partial charge >= 0.3 is 0 Å². The second-order valence-corrected chi connectivity index (χ2v) is 14.3. The Morgan fingerprint density at radius 1 is 0.968 bits per heavy atom. The Hall–Kier alpha value is -1.98. The quantitative estimate of drug-likeness (QED) is 0.316. The largest absolute Gasteiger partial charge is 0.400 e. The van der Waals surface area contributed by atoms with Crippen molar-refractivity contribution in [1.29, 1.82) is 0 Å². The normalized spacial score (nSPS) is 13.9. The van der Waals surface area contributed by atoms with Gasteiger partial charge in [0.1, 0.15) is 0 Å². The number of hydrogen-bond acceptors (Lipinski definition) is 3. The Labute approximate surface area is 192 Å². The van der Waals surface area contributed by atoms with Crippen molar-refractivity contribution < 1.29 is 9.53 Å². The van der Waals surface area contributed by atoms with Crippen LogP contribution in [0.1, 0.15) is 51.5 Å². The molecule has 1 heterocycles. The van der Waals surface area contributed by atoms with E-state index in [4.69, 9.17) is 4.43 Å². The van der Waals surface area contributed by atoms with E-state index in [1.54, 1.807) is 11.3 Å². The van der Waals surface area contributed by atoms with Crippen LogP contribution in [-0.2, 0) is 4.43 Å². The molecule has 0 aliphatic heterocycles. The molecule has 4 heteroatoms. The highest BCUT2D eigenvalue weighted by molar-refractivity contribution is 7.10. The molecule has 1 aromatic heterocycles. The molecule has 1 N–H and O–H groups in total. The highest BCUT2D eigenvalue weighted by atomic mass is 32.1. The zero-order valence-electron chi connectivity index (χ0n) is 19.0. The standard InChI is InChI=1S/C27H34O2SSi/c1-22(19-20-28)17-18-25(26-16-11-21-30-26)29-31(27(2,3)4,23-12-7-5-8-13-23)24-14-9-6-10-15-24/h5-16,19,21,25,28H,17-18,20H2,1-4H3/b22-19+. The Bertz CT molecular complexity index is 904. The molecule has 0 aliphatic rings. The Morgan fingerprint density at radius 3 is 2.00 bits per heavy atom. The van der Waals surface area contributed by atoms with Gasteiger partial charge in [-0.1, -0.05) is 99.2 Å². The number of thiophene rings is 1. The number of hydrogen-bond donors (Lipinski definition) is 1. The van der Waals surface area contributed by atoms with Gasteiger partial charge in [-0.15, -0.1) is 11.3 Å². The maximum atomic E-state index is 9.28. The van der Waals surface area contributed by atoms with Crippen molar-refractivity contribution in [3.8, 4) is 0 Å². The maximum absolute atomic E-state index is 9.28. The topological polar surface area (TPSA) is 29.5 Å². The maximum Gasteiger partial charge on any atom is 0.261 e. The van der Waals surface area contributed by atoms with Gasteiger partial charge in [0.25, 0.3) is 8.32 Å². The predicted molar refractivity (Wildman–Crippen MR) is 136 cm³/mol. The van der Waals surface area contributed by atoms with Gasteiger partial charge in [-0.25, -0.2) is 0 Å². The van der Waals surface area contributed by atoms with Crippen LogP contribution in [-0.4, -0.2) is 20.0 Å². The summed E-state index contributed by atoms with van der Waals surface area (Å²) in [5.74, 6) is 0. The average Bonchev–Trinajstić information content (AvgIpc) is 3.29. The molecule has 31 heavy (non-hydrogen) atoms. The van der Waals surface area contributed by atoms with E-state index in [-0.39, 0.29) is 17.7 Å². The molecule has 164 valence electrons. The molecule has 3 aromatic rings. The Kier molecular flexibility index (Phi) is 8.06. The number of allylic oxidation sites excluding steroid dienone is 1.